The molecule has 0 atom stereocenters. The van der Waals surface area contributed by atoms with Crippen LogP contribution in [-0.2, 0) is 0 Å². The molecule has 4 rings (SSSR count). The lowest BCUT2D eigenvalue weighted by molar-refractivity contribution is -0.383. The maximum Gasteiger partial charge on any atom is 0.300 e. The summed E-state index contributed by atoms with van der Waals surface area (Å²) in [5, 5.41) is 46.9. The molecule has 0 aliphatic rings. The summed E-state index contributed by atoms with van der Waals surface area (Å²) in [6.45, 7) is 0.586. The smallest absolute Gasteiger partial charge is 0.300 e. The minimum atomic E-state index is -0.559. The number of anilines is 3. The van der Waals surface area contributed by atoms with Gasteiger partial charge >= 0.3 is 5.69 Å². The number of carbonyl (C=O) groups is 1. The predicted molar refractivity (Wildman–Crippen MR) is 119 cm³/mol. The molecule has 0 unspecified atom stereocenters. The number of nitro benzene ring substituents is 1. The second-order valence-corrected chi connectivity index (χ2v) is 6.88. The number of phenols is 2. The monoisotopic (exact) mass is 450 g/mol. The van der Waals surface area contributed by atoms with Gasteiger partial charge in [-0.2, -0.15) is 0 Å². The Hall–Kier alpha value is -4.87. The molecule has 0 saturated carbocycles. The lowest BCUT2D eigenvalue weighted by Crippen LogP contribution is -2.28. The van der Waals surface area contributed by atoms with Gasteiger partial charge in [0, 0.05) is 19.2 Å². The standard InChI is InChI=1S/C21H18N6O6/c28-17-7-3-4-12(20(17)29)21(30)23-11-10-22-13-5-1-2-6-14(13)24-15-8-9-16(27(31)32)19-18(15)25-33-26-19/h1-9,22,24,28-29H,10-11H2,(H,23,30). The molecule has 0 saturated heterocycles. The molecule has 3 aromatic carbocycles. The first kappa shape index (κ1) is 21.4. The number of benzene rings is 3. The second-order valence-electron chi connectivity index (χ2n) is 6.88. The number of non-ortho nitro benzene ring substituents is 1. The van der Waals surface area contributed by atoms with Gasteiger partial charge in [0.2, 0.25) is 5.52 Å². The minimum Gasteiger partial charge on any atom is -0.504 e. The van der Waals surface area contributed by atoms with E-state index in [0.29, 0.717) is 23.6 Å². The molecule has 12 heteroatoms. The number of para-hydroxylation sites is 3. The molecule has 0 radical (unpaired) electrons. The van der Waals surface area contributed by atoms with Gasteiger partial charge in [-0.25, -0.2) is 4.63 Å². The van der Waals surface area contributed by atoms with Crippen LogP contribution in [0.15, 0.2) is 59.2 Å². The fraction of sp³-hybridized carbons (Fsp3) is 0.0952. The highest BCUT2D eigenvalue weighted by Crippen LogP contribution is 2.33. The van der Waals surface area contributed by atoms with Crippen molar-refractivity contribution in [2.45, 2.75) is 0 Å². The van der Waals surface area contributed by atoms with Gasteiger partial charge in [-0.15, -0.1) is 0 Å². The van der Waals surface area contributed by atoms with Crippen LogP contribution in [0.3, 0.4) is 0 Å². The lowest BCUT2D eigenvalue weighted by Gasteiger charge is -2.14. The Bertz CT molecular complexity index is 1340. The fourth-order valence-electron chi connectivity index (χ4n) is 3.18. The van der Waals surface area contributed by atoms with E-state index < -0.39 is 16.6 Å². The summed E-state index contributed by atoms with van der Waals surface area (Å²) in [4.78, 5) is 22.8. The van der Waals surface area contributed by atoms with Crippen LogP contribution < -0.4 is 16.0 Å². The number of rotatable bonds is 8. The van der Waals surface area contributed by atoms with Crippen molar-refractivity contribution in [1.29, 1.82) is 0 Å². The van der Waals surface area contributed by atoms with Crippen LogP contribution in [0.25, 0.3) is 11.0 Å². The Balaban J connectivity index is 1.43. The summed E-state index contributed by atoms with van der Waals surface area (Å²) in [5.41, 5.74) is 1.85. The maximum atomic E-state index is 12.2. The molecule has 12 nitrogen and oxygen atoms in total. The molecule has 0 spiro atoms. The summed E-state index contributed by atoms with van der Waals surface area (Å²) in [6.07, 6.45) is 0. The van der Waals surface area contributed by atoms with Gasteiger partial charge in [0.05, 0.1) is 27.5 Å². The van der Waals surface area contributed by atoms with E-state index >= 15 is 0 Å². The van der Waals surface area contributed by atoms with Crippen molar-refractivity contribution in [2.75, 3.05) is 23.7 Å². The molecule has 4 aromatic rings. The molecule has 1 heterocycles. The van der Waals surface area contributed by atoms with Gasteiger partial charge in [0.25, 0.3) is 5.91 Å². The van der Waals surface area contributed by atoms with Crippen molar-refractivity contribution >= 4 is 39.7 Å². The second kappa shape index (κ2) is 9.09. The Kier molecular flexibility index (Phi) is 5.89. The van der Waals surface area contributed by atoms with Crippen molar-refractivity contribution in [3.8, 4) is 11.5 Å². The van der Waals surface area contributed by atoms with E-state index in [1.165, 1.54) is 30.3 Å². The molecule has 33 heavy (non-hydrogen) atoms. The van der Waals surface area contributed by atoms with Gasteiger partial charge in [0.1, 0.15) is 0 Å². The number of hydrogen-bond donors (Lipinski definition) is 5. The van der Waals surface area contributed by atoms with Crippen LogP contribution in [0.5, 0.6) is 11.5 Å². The average molecular weight is 450 g/mol. The van der Waals surface area contributed by atoms with Crippen LogP contribution in [-0.4, -0.2) is 44.4 Å². The van der Waals surface area contributed by atoms with Crippen LogP contribution in [0, 0.1) is 10.1 Å². The number of aromatic hydroxyl groups is 2. The fourth-order valence-corrected chi connectivity index (χ4v) is 3.18. The van der Waals surface area contributed by atoms with Crippen molar-refractivity contribution in [3.05, 3.63) is 70.3 Å². The van der Waals surface area contributed by atoms with Crippen LogP contribution >= 0.6 is 0 Å². The molecule has 0 bridgehead atoms. The van der Waals surface area contributed by atoms with E-state index in [2.05, 4.69) is 30.9 Å². The van der Waals surface area contributed by atoms with Gasteiger partial charge < -0.3 is 26.2 Å². The number of nitrogens with one attached hydrogen (secondary N) is 3. The first-order chi connectivity index (χ1) is 16.0. The average Bonchev–Trinajstić information content (AvgIpc) is 3.29. The Morgan fingerprint density at radius 2 is 1.70 bits per heavy atom. The number of nitrogens with zero attached hydrogens (tertiary/aromatic N) is 3. The highest BCUT2D eigenvalue weighted by Gasteiger charge is 2.20. The quantitative estimate of drug-likeness (QED) is 0.116. The highest BCUT2D eigenvalue weighted by molar-refractivity contribution is 5.98. The predicted octanol–water partition coefficient (Wildman–Crippen LogP) is 3.13. The first-order valence-electron chi connectivity index (χ1n) is 9.74. The number of hydrogen-bond acceptors (Lipinski definition) is 10. The topological polar surface area (TPSA) is 176 Å². The Morgan fingerprint density at radius 3 is 2.48 bits per heavy atom. The van der Waals surface area contributed by atoms with E-state index in [-0.39, 0.29) is 34.6 Å². The molecule has 5 N–H and O–H groups in total. The SMILES string of the molecule is O=C(NCCNc1ccccc1Nc1ccc([N+](=O)[O-])c2nonc12)c1cccc(O)c1O. The van der Waals surface area contributed by atoms with E-state index in [9.17, 15) is 25.1 Å². The largest absolute Gasteiger partial charge is 0.504 e. The number of nitro groups is 1. The van der Waals surface area contributed by atoms with Crippen LogP contribution in [0.1, 0.15) is 10.4 Å². The summed E-state index contributed by atoms with van der Waals surface area (Å²) in [6, 6.07) is 14.2. The number of fused-ring (bicyclic) bond motifs is 1. The van der Waals surface area contributed by atoms with Crippen LogP contribution in [0.2, 0.25) is 0 Å². The van der Waals surface area contributed by atoms with Gasteiger partial charge in [-0.3, -0.25) is 14.9 Å². The van der Waals surface area contributed by atoms with Crippen molar-refractivity contribution in [3.63, 3.8) is 0 Å². The molecule has 0 aliphatic carbocycles. The molecular weight excluding hydrogens is 432 g/mol. The highest BCUT2D eigenvalue weighted by atomic mass is 16.6. The molecular formula is C21H18N6O6. The van der Waals surface area contributed by atoms with E-state index in [4.69, 9.17) is 0 Å². The molecule has 1 aromatic heterocycles. The van der Waals surface area contributed by atoms with Crippen LogP contribution in [0.4, 0.5) is 22.7 Å². The number of aromatic nitrogens is 2. The van der Waals surface area contributed by atoms with Gasteiger partial charge in [-0.1, -0.05) is 18.2 Å². The maximum absolute atomic E-state index is 12.2. The summed E-state index contributed by atoms with van der Waals surface area (Å²) in [5.74, 6) is -1.37. The van der Waals surface area contributed by atoms with Gasteiger partial charge in [0.15, 0.2) is 17.0 Å². The Morgan fingerprint density at radius 1 is 0.939 bits per heavy atom. The zero-order valence-corrected chi connectivity index (χ0v) is 17.0. The summed E-state index contributed by atoms with van der Waals surface area (Å²) >= 11 is 0. The molecule has 0 fully saturated rings. The normalized spacial score (nSPS) is 10.7. The van der Waals surface area contributed by atoms with Crippen molar-refractivity contribution in [2.24, 2.45) is 0 Å². The van der Waals surface area contributed by atoms with E-state index in [1.807, 2.05) is 18.2 Å². The lowest BCUT2D eigenvalue weighted by atomic mass is 10.1. The minimum absolute atomic E-state index is 0.0273. The van der Waals surface area contributed by atoms with E-state index in [0.717, 1.165) is 0 Å². The summed E-state index contributed by atoms with van der Waals surface area (Å²) in [7, 11) is 0. The van der Waals surface area contributed by atoms with Crippen molar-refractivity contribution < 1.29 is 24.6 Å². The third kappa shape index (κ3) is 4.44. The third-order valence-electron chi connectivity index (χ3n) is 4.77. The van der Waals surface area contributed by atoms with Crippen molar-refractivity contribution in [1.82, 2.24) is 15.6 Å². The van der Waals surface area contributed by atoms with E-state index in [1.54, 1.807) is 6.07 Å². The number of phenolic OH excluding ortho intramolecular Hbond substituents is 2. The summed E-state index contributed by atoms with van der Waals surface area (Å²) < 4.78 is 4.68. The first-order valence-corrected chi connectivity index (χ1v) is 9.74. The van der Waals surface area contributed by atoms with Gasteiger partial charge in [-0.05, 0) is 40.6 Å². The molecule has 168 valence electrons. The Labute approximate surface area is 186 Å². The molecule has 1 amide bonds. The zero-order valence-electron chi connectivity index (χ0n) is 17.0. The zero-order chi connectivity index (χ0) is 23.4. The number of amides is 1. The number of carbonyl (C=O) groups excluding carboxylic acids is 1. The molecule has 0 aliphatic heterocycles. The third-order valence-corrected chi connectivity index (χ3v) is 4.77.